The second-order valence-electron chi connectivity index (χ2n) is 4.61. The average Bonchev–Trinajstić information content (AvgIpc) is 2.48. The number of anilines is 2. The molecule has 21 heavy (non-hydrogen) atoms. The van der Waals surface area contributed by atoms with E-state index in [1.54, 1.807) is 18.2 Å². The molecule has 3 N–H and O–H groups in total. The number of rotatable bonds is 5. The van der Waals surface area contributed by atoms with Crippen molar-refractivity contribution in [1.29, 1.82) is 0 Å². The molecule has 0 unspecified atom stereocenters. The maximum Gasteiger partial charge on any atom is 0.262 e. The van der Waals surface area contributed by atoms with Crippen molar-refractivity contribution < 1.29 is 14.3 Å². The third kappa shape index (κ3) is 4.14. The number of nitrogens with two attached hydrogens (primary N) is 1. The van der Waals surface area contributed by atoms with Gasteiger partial charge in [0, 0.05) is 17.4 Å². The summed E-state index contributed by atoms with van der Waals surface area (Å²) in [5.74, 6) is 0.738. The fourth-order valence-corrected chi connectivity index (χ4v) is 1.78. The van der Waals surface area contributed by atoms with Gasteiger partial charge in [-0.1, -0.05) is 17.7 Å². The first-order chi connectivity index (χ1) is 10.1. The molecule has 0 atom stereocenters. The van der Waals surface area contributed by atoms with Gasteiger partial charge >= 0.3 is 0 Å². The zero-order valence-electron chi connectivity index (χ0n) is 12.1. The molecule has 110 valence electrons. The fraction of sp³-hybridized carbons (Fsp3) is 0.188. The number of methoxy groups -OCH3 is 1. The van der Waals surface area contributed by atoms with E-state index in [9.17, 15) is 4.79 Å². The summed E-state index contributed by atoms with van der Waals surface area (Å²) in [5.41, 5.74) is 8.10. The van der Waals surface area contributed by atoms with Crippen LogP contribution in [-0.2, 0) is 4.79 Å². The molecular weight excluding hydrogens is 268 g/mol. The molecular formula is C16H18N2O3. The minimum absolute atomic E-state index is 0.103. The number of nitrogen functional groups attached to an aromatic ring is 1. The van der Waals surface area contributed by atoms with Crippen molar-refractivity contribution in [1.82, 2.24) is 0 Å². The molecule has 2 rings (SSSR count). The van der Waals surface area contributed by atoms with E-state index in [2.05, 4.69) is 5.32 Å². The fourth-order valence-electron chi connectivity index (χ4n) is 1.78. The van der Waals surface area contributed by atoms with Crippen LogP contribution in [-0.4, -0.2) is 19.6 Å². The van der Waals surface area contributed by atoms with Crippen molar-refractivity contribution in [3.05, 3.63) is 48.0 Å². The van der Waals surface area contributed by atoms with E-state index in [4.69, 9.17) is 15.2 Å². The lowest BCUT2D eigenvalue weighted by Crippen LogP contribution is -2.20. The van der Waals surface area contributed by atoms with Gasteiger partial charge in [-0.2, -0.15) is 0 Å². The summed E-state index contributed by atoms with van der Waals surface area (Å²) >= 11 is 0. The molecule has 0 heterocycles. The minimum Gasteiger partial charge on any atom is -0.493 e. The van der Waals surface area contributed by atoms with Gasteiger partial charge < -0.3 is 20.5 Å². The van der Waals surface area contributed by atoms with Crippen LogP contribution in [0.3, 0.4) is 0 Å². The van der Waals surface area contributed by atoms with E-state index in [0.29, 0.717) is 17.2 Å². The van der Waals surface area contributed by atoms with Gasteiger partial charge in [0.1, 0.15) is 0 Å². The monoisotopic (exact) mass is 286 g/mol. The van der Waals surface area contributed by atoms with Gasteiger partial charge in [0.15, 0.2) is 18.1 Å². The van der Waals surface area contributed by atoms with Crippen molar-refractivity contribution in [3.63, 3.8) is 0 Å². The molecule has 0 aliphatic carbocycles. The third-order valence-electron chi connectivity index (χ3n) is 2.88. The number of ether oxygens (including phenoxy) is 2. The Morgan fingerprint density at radius 1 is 1.14 bits per heavy atom. The zero-order chi connectivity index (χ0) is 15.2. The van der Waals surface area contributed by atoms with Gasteiger partial charge in [-0.15, -0.1) is 0 Å². The van der Waals surface area contributed by atoms with Crippen LogP contribution in [0, 0.1) is 6.92 Å². The number of aryl methyl sites for hydroxylation is 1. The second-order valence-corrected chi connectivity index (χ2v) is 4.61. The highest BCUT2D eigenvalue weighted by atomic mass is 16.5. The molecule has 0 aliphatic rings. The molecule has 2 aromatic rings. The van der Waals surface area contributed by atoms with Crippen LogP contribution in [0.5, 0.6) is 11.5 Å². The maximum absolute atomic E-state index is 11.8. The van der Waals surface area contributed by atoms with Gasteiger partial charge in [-0.3, -0.25) is 4.79 Å². The van der Waals surface area contributed by atoms with Crippen LogP contribution in [0.15, 0.2) is 42.5 Å². The molecule has 0 aliphatic heterocycles. The topological polar surface area (TPSA) is 73.6 Å². The largest absolute Gasteiger partial charge is 0.493 e. The van der Waals surface area contributed by atoms with Crippen molar-refractivity contribution in [2.45, 2.75) is 6.92 Å². The second kappa shape index (κ2) is 6.65. The molecule has 0 radical (unpaired) electrons. The SMILES string of the molecule is COc1cc(N)ccc1OCC(=O)Nc1ccc(C)cc1. The quantitative estimate of drug-likeness (QED) is 0.829. The van der Waals surface area contributed by atoms with E-state index in [0.717, 1.165) is 11.3 Å². The Kier molecular flexibility index (Phi) is 4.66. The van der Waals surface area contributed by atoms with Crippen molar-refractivity contribution in [2.24, 2.45) is 0 Å². The van der Waals surface area contributed by atoms with Crippen LogP contribution < -0.4 is 20.5 Å². The first-order valence-corrected chi connectivity index (χ1v) is 6.51. The van der Waals surface area contributed by atoms with E-state index < -0.39 is 0 Å². The molecule has 0 saturated heterocycles. The Hall–Kier alpha value is -2.69. The highest BCUT2D eigenvalue weighted by molar-refractivity contribution is 5.91. The Bertz CT molecular complexity index is 624. The molecule has 0 fully saturated rings. The Labute approximate surface area is 123 Å². The predicted molar refractivity (Wildman–Crippen MR) is 82.7 cm³/mol. The number of benzene rings is 2. The van der Waals surface area contributed by atoms with Crippen LogP contribution in [0.4, 0.5) is 11.4 Å². The molecule has 5 heteroatoms. The van der Waals surface area contributed by atoms with Gasteiger partial charge in [0.25, 0.3) is 5.91 Å². The summed E-state index contributed by atoms with van der Waals surface area (Å²) in [4.78, 5) is 11.8. The number of carbonyl (C=O) groups excluding carboxylic acids is 1. The predicted octanol–water partition coefficient (Wildman–Crippen LogP) is 2.60. The smallest absolute Gasteiger partial charge is 0.262 e. The zero-order valence-corrected chi connectivity index (χ0v) is 12.1. The van der Waals surface area contributed by atoms with Gasteiger partial charge in [0.2, 0.25) is 0 Å². The summed E-state index contributed by atoms with van der Waals surface area (Å²) in [6.07, 6.45) is 0. The highest BCUT2D eigenvalue weighted by Gasteiger charge is 2.08. The maximum atomic E-state index is 11.8. The molecule has 2 aromatic carbocycles. The summed E-state index contributed by atoms with van der Waals surface area (Å²) in [5, 5.41) is 2.76. The molecule has 0 spiro atoms. The van der Waals surface area contributed by atoms with E-state index >= 15 is 0 Å². The summed E-state index contributed by atoms with van der Waals surface area (Å²) in [7, 11) is 1.52. The first kappa shape index (κ1) is 14.7. The summed E-state index contributed by atoms with van der Waals surface area (Å²) in [6, 6.07) is 12.6. The molecule has 0 aromatic heterocycles. The molecule has 5 nitrogen and oxygen atoms in total. The Morgan fingerprint density at radius 3 is 2.52 bits per heavy atom. The lowest BCUT2D eigenvalue weighted by atomic mass is 10.2. The standard InChI is InChI=1S/C16H18N2O3/c1-11-3-6-13(7-4-11)18-16(19)10-21-14-8-5-12(17)9-15(14)20-2/h3-9H,10,17H2,1-2H3,(H,18,19). The van der Waals surface area contributed by atoms with E-state index in [1.165, 1.54) is 7.11 Å². The first-order valence-electron chi connectivity index (χ1n) is 6.51. The number of amides is 1. The number of hydrogen-bond acceptors (Lipinski definition) is 4. The number of nitrogens with one attached hydrogen (secondary N) is 1. The lowest BCUT2D eigenvalue weighted by Gasteiger charge is -2.11. The Morgan fingerprint density at radius 2 is 1.86 bits per heavy atom. The van der Waals surface area contributed by atoms with Crippen molar-refractivity contribution in [3.8, 4) is 11.5 Å². The van der Waals surface area contributed by atoms with Crippen LogP contribution in [0.25, 0.3) is 0 Å². The van der Waals surface area contributed by atoms with Gasteiger partial charge in [0.05, 0.1) is 7.11 Å². The molecule has 0 bridgehead atoms. The highest BCUT2D eigenvalue weighted by Crippen LogP contribution is 2.28. The summed E-state index contributed by atoms with van der Waals surface area (Å²) in [6.45, 7) is 1.89. The van der Waals surface area contributed by atoms with Crippen molar-refractivity contribution >= 4 is 17.3 Å². The molecule has 0 saturated carbocycles. The van der Waals surface area contributed by atoms with Crippen LogP contribution in [0.2, 0.25) is 0 Å². The normalized spacial score (nSPS) is 10.0. The van der Waals surface area contributed by atoms with Crippen LogP contribution in [0.1, 0.15) is 5.56 Å². The lowest BCUT2D eigenvalue weighted by molar-refractivity contribution is -0.118. The number of carbonyl (C=O) groups is 1. The third-order valence-corrected chi connectivity index (χ3v) is 2.88. The van der Waals surface area contributed by atoms with Gasteiger partial charge in [-0.25, -0.2) is 0 Å². The van der Waals surface area contributed by atoms with E-state index in [1.807, 2.05) is 31.2 Å². The van der Waals surface area contributed by atoms with Gasteiger partial charge in [-0.05, 0) is 31.2 Å². The average molecular weight is 286 g/mol. The van der Waals surface area contributed by atoms with Crippen LogP contribution >= 0.6 is 0 Å². The van der Waals surface area contributed by atoms with Crippen molar-refractivity contribution in [2.75, 3.05) is 24.8 Å². The minimum atomic E-state index is -0.238. The summed E-state index contributed by atoms with van der Waals surface area (Å²) < 4.78 is 10.6. The van der Waals surface area contributed by atoms with E-state index in [-0.39, 0.29) is 12.5 Å². The Balaban J connectivity index is 1.93. The number of hydrogen-bond donors (Lipinski definition) is 2. The molecule has 1 amide bonds.